The van der Waals surface area contributed by atoms with Crippen LogP contribution in [0.3, 0.4) is 0 Å². The van der Waals surface area contributed by atoms with Crippen LogP contribution >= 0.6 is 0 Å². The Morgan fingerprint density at radius 1 is 1.14 bits per heavy atom. The average molecular weight is 296 g/mol. The summed E-state index contributed by atoms with van der Waals surface area (Å²) in [6.45, 7) is 5.37. The summed E-state index contributed by atoms with van der Waals surface area (Å²) >= 11 is 0. The van der Waals surface area contributed by atoms with Crippen LogP contribution in [-0.4, -0.2) is 40.8 Å². The van der Waals surface area contributed by atoms with Gasteiger partial charge in [-0.15, -0.1) is 5.10 Å². The topological polar surface area (TPSA) is 41.0 Å². The van der Waals surface area contributed by atoms with Crippen molar-refractivity contribution in [3.8, 4) is 0 Å². The second-order valence-electron chi connectivity index (χ2n) is 6.08. The van der Waals surface area contributed by atoms with Crippen molar-refractivity contribution in [3.05, 3.63) is 53.7 Å². The van der Waals surface area contributed by atoms with Gasteiger partial charge in [-0.1, -0.05) is 30.3 Å². The Morgan fingerprint density at radius 2 is 2.00 bits per heavy atom. The number of likely N-dealkylation sites (tertiary alicyclic amines) is 1. The number of piperidine rings is 1. The molecule has 1 aliphatic rings. The highest BCUT2D eigenvalue weighted by Crippen LogP contribution is 2.15. The fourth-order valence-corrected chi connectivity index (χ4v) is 2.99. The van der Waals surface area contributed by atoms with E-state index in [9.17, 15) is 0 Å². The molecule has 1 atom stereocenters. The van der Waals surface area contributed by atoms with Gasteiger partial charge in [-0.3, -0.25) is 0 Å². The number of nitrogens with one attached hydrogen (secondary N) is 1. The van der Waals surface area contributed by atoms with E-state index in [0.29, 0.717) is 6.04 Å². The molecule has 1 aromatic heterocycles. The second-order valence-corrected chi connectivity index (χ2v) is 6.08. The molecule has 0 bridgehead atoms. The van der Waals surface area contributed by atoms with E-state index in [2.05, 4.69) is 50.7 Å². The van der Waals surface area contributed by atoms with Gasteiger partial charge in [-0.05, 0) is 50.4 Å². The molecule has 1 N–H and O–H groups in total. The fraction of sp³-hybridized carbons (Fsp3) is 0.444. The normalized spacial score (nSPS) is 19.0. The van der Waals surface area contributed by atoms with Gasteiger partial charge in [0.2, 0.25) is 0 Å². The zero-order valence-electron chi connectivity index (χ0n) is 13.2. The first-order chi connectivity index (χ1) is 10.8. The standard InChI is InChI=1S/C18H24N4/c1-15-9-10-18(21-20-15)19-17-8-5-12-22(14-17)13-11-16-6-3-2-4-7-16/h2-4,6-7,9-10,17H,5,8,11-14H2,1H3,(H,19,21). The summed E-state index contributed by atoms with van der Waals surface area (Å²) in [6.07, 6.45) is 3.57. The largest absolute Gasteiger partial charge is 0.365 e. The van der Waals surface area contributed by atoms with E-state index in [1.165, 1.54) is 24.9 Å². The number of benzene rings is 1. The van der Waals surface area contributed by atoms with E-state index in [1.807, 2.05) is 19.1 Å². The molecule has 0 spiro atoms. The van der Waals surface area contributed by atoms with Crippen LogP contribution in [0, 0.1) is 6.92 Å². The van der Waals surface area contributed by atoms with Crippen LogP contribution in [0.25, 0.3) is 0 Å². The van der Waals surface area contributed by atoms with Gasteiger partial charge in [-0.25, -0.2) is 0 Å². The maximum absolute atomic E-state index is 4.21. The molecule has 1 aromatic carbocycles. The third-order valence-electron chi connectivity index (χ3n) is 4.21. The molecule has 116 valence electrons. The molecule has 0 saturated carbocycles. The second kappa shape index (κ2) is 7.36. The lowest BCUT2D eigenvalue weighted by Gasteiger charge is -2.33. The van der Waals surface area contributed by atoms with E-state index in [0.717, 1.165) is 31.0 Å². The molecule has 1 fully saturated rings. The maximum atomic E-state index is 4.21. The smallest absolute Gasteiger partial charge is 0.148 e. The Bertz CT molecular complexity index is 567. The molecular weight excluding hydrogens is 272 g/mol. The van der Waals surface area contributed by atoms with Crippen molar-refractivity contribution in [1.29, 1.82) is 0 Å². The van der Waals surface area contributed by atoms with Crippen LogP contribution in [-0.2, 0) is 6.42 Å². The summed E-state index contributed by atoms with van der Waals surface area (Å²) in [4.78, 5) is 2.55. The Labute approximate surface area is 132 Å². The van der Waals surface area contributed by atoms with Crippen molar-refractivity contribution in [2.24, 2.45) is 0 Å². The molecule has 4 heteroatoms. The molecule has 2 aromatic rings. The third-order valence-corrected chi connectivity index (χ3v) is 4.21. The number of hydrogen-bond acceptors (Lipinski definition) is 4. The minimum absolute atomic E-state index is 0.474. The predicted octanol–water partition coefficient (Wildman–Crippen LogP) is 2.90. The number of aromatic nitrogens is 2. The first-order valence-corrected chi connectivity index (χ1v) is 8.13. The van der Waals surface area contributed by atoms with Crippen molar-refractivity contribution in [2.75, 3.05) is 25.0 Å². The molecular formula is C18H24N4. The SMILES string of the molecule is Cc1ccc(NC2CCCN(CCc3ccccc3)C2)nn1. The molecule has 1 unspecified atom stereocenters. The van der Waals surface area contributed by atoms with E-state index >= 15 is 0 Å². The lowest BCUT2D eigenvalue weighted by molar-refractivity contribution is 0.218. The van der Waals surface area contributed by atoms with E-state index < -0.39 is 0 Å². The van der Waals surface area contributed by atoms with Crippen LogP contribution in [0.4, 0.5) is 5.82 Å². The summed E-state index contributed by atoms with van der Waals surface area (Å²) in [6, 6.07) is 15.2. The molecule has 3 rings (SSSR count). The summed E-state index contributed by atoms with van der Waals surface area (Å²) in [5.41, 5.74) is 2.38. The highest BCUT2D eigenvalue weighted by Gasteiger charge is 2.19. The van der Waals surface area contributed by atoms with Crippen molar-refractivity contribution in [2.45, 2.75) is 32.2 Å². The Kier molecular flexibility index (Phi) is 5.01. The van der Waals surface area contributed by atoms with E-state index in [1.54, 1.807) is 0 Å². The molecule has 1 saturated heterocycles. The van der Waals surface area contributed by atoms with Crippen LogP contribution in [0.1, 0.15) is 24.1 Å². The quantitative estimate of drug-likeness (QED) is 0.921. The van der Waals surface area contributed by atoms with Gasteiger partial charge >= 0.3 is 0 Å². The summed E-state index contributed by atoms with van der Waals surface area (Å²) in [5.74, 6) is 0.889. The molecule has 22 heavy (non-hydrogen) atoms. The van der Waals surface area contributed by atoms with Gasteiger partial charge in [0.25, 0.3) is 0 Å². The van der Waals surface area contributed by atoms with Gasteiger partial charge in [0, 0.05) is 19.1 Å². The molecule has 2 heterocycles. The lowest BCUT2D eigenvalue weighted by Crippen LogP contribution is -2.43. The zero-order chi connectivity index (χ0) is 15.2. The van der Waals surface area contributed by atoms with Gasteiger partial charge in [-0.2, -0.15) is 5.10 Å². The molecule has 0 amide bonds. The zero-order valence-corrected chi connectivity index (χ0v) is 13.2. The van der Waals surface area contributed by atoms with Crippen molar-refractivity contribution in [1.82, 2.24) is 15.1 Å². The summed E-state index contributed by atoms with van der Waals surface area (Å²) in [7, 11) is 0. The number of aryl methyl sites for hydroxylation is 1. The number of anilines is 1. The number of nitrogens with zero attached hydrogens (tertiary/aromatic N) is 3. The first kappa shape index (κ1) is 15.0. The molecule has 0 radical (unpaired) electrons. The molecule has 0 aliphatic carbocycles. The average Bonchev–Trinajstić information content (AvgIpc) is 2.57. The molecule has 1 aliphatic heterocycles. The highest BCUT2D eigenvalue weighted by molar-refractivity contribution is 5.34. The van der Waals surface area contributed by atoms with Crippen LogP contribution in [0.2, 0.25) is 0 Å². The van der Waals surface area contributed by atoms with E-state index in [4.69, 9.17) is 0 Å². The Hall–Kier alpha value is -1.94. The van der Waals surface area contributed by atoms with Crippen molar-refractivity contribution >= 4 is 5.82 Å². The monoisotopic (exact) mass is 296 g/mol. The number of hydrogen-bond donors (Lipinski definition) is 1. The van der Waals surface area contributed by atoms with Gasteiger partial charge < -0.3 is 10.2 Å². The third kappa shape index (κ3) is 4.28. The van der Waals surface area contributed by atoms with Gasteiger partial charge in [0.15, 0.2) is 0 Å². The van der Waals surface area contributed by atoms with Crippen LogP contribution in [0.15, 0.2) is 42.5 Å². The minimum Gasteiger partial charge on any atom is -0.365 e. The Morgan fingerprint density at radius 3 is 2.77 bits per heavy atom. The van der Waals surface area contributed by atoms with Crippen molar-refractivity contribution in [3.63, 3.8) is 0 Å². The van der Waals surface area contributed by atoms with E-state index in [-0.39, 0.29) is 0 Å². The fourth-order valence-electron chi connectivity index (χ4n) is 2.99. The lowest BCUT2D eigenvalue weighted by atomic mass is 10.0. The van der Waals surface area contributed by atoms with Gasteiger partial charge in [0.1, 0.15) is 5.82 Å². The summed E-state index contributed by atoms with van der Waals surface area (Å²) < 4.78 is 0. The number of rotatable bonds is 5. The molecule has 4 nitrogen and oxygen atoms in total. The minimum atomic E-state index is 0.474. The first-order valence-electron chi connectivity index (χ1n) is 8.13. The maximum Gasteiger partial charge on any atom is 0.148 e. The van der Waals surface area contributed by atoms with Crippen LogP contribution in [0.5, 0.6) is 0 Å². The van der Waals surface area contributed by atoms with Gasteiger partial charge in [0.05, 0.1) is 5.69 Å². The predicted molar refractivity (Wildman–Crippen MR) is 90.0 cm³/mol. The van der Waals surface area contributed by atoms with Crippen molar-refractivity contribution < 1.29 is 0 Å². The summed E-state index contributed by atoms with van der Waals surface area (Å²) in [5, 5.41) is 11.8. The highest BCUT2D eigenvalue weighted by atomic mass is 15.2. The Balaban J connectivity index is 1.49. The van der Waals surface area contributed by atoms with Crippen LogP contribution < -0.4 is 5.32 Å².